The minimum absolute atomic E-state index is 0.191. The number of ether oxygens (including phenoxy) is 4. The van der Waals surface area contributed by atoms with Crippen molar-refractivity contribution in [1.29, 1.82) is 0 Å². The molecule has 8 heteroatoms. The number of aliphatic hydroxyl groups is 1. The third kappa shape index (κ3) is 4.30. The Morgan fingerprint density at radius 1 is 1.41 bits per heavy atom. The number of nitrogens with one attached hydrogen (secondary N) is 1. The van der Waals surface area contributed by atoms with Gasteiger partial charge in [0, 0.05) is 12.2 Å². The van der Waals surface area contributed by atoms with Crippen LogP contribution < -0.4 is 5.32 Å². The van der Waals surface area contributed by atoms with Crippen LogP contribution in [0.2, 0.25) is 0 Å². The summed E-state index contributed by atoms with van der Waals surface area (Å²) in [6.45, 7) is 9.24. The second kappa shape index (κ2) is 6.21. The quantitative estimate of drug-likeness (QED) is 0.748. The smallest absolute Gasteiger partial charge is 0.407 e. The molecule has 0 aliphatic carbocycles. The van der Waals surface area contributed by atoms with Crippen molar-refractivity contribution < 1.29 is 28.8 Å². The topological polar surface area (TPSA) is 86.3 Å². The van der Waals surface area contributed by atoms with Crippen molar-refractivity contribution in [2.75, 3.05) is 6.54 Å². The second-order valence-electron chi connectivity index (χ2n) is 7.11. The zero-order valence-corrected chi connectivity index (χ0v) is 14.8. The van der Waals surface area contributed by atoms with E-state index in [1.54, 1.807) is 34.6 Å². The molecule has 2 N–H and O–H groups in total. The first-order valence-electron chi connectivity index (χ1n) is 7.40. The lowest BCUT2D eigenvalue weighted by Gasteiger charge is -2.27. The summed E-state index contributed by atoms with van der Waals surface area (Å²) in [6.07, 6.45) is -2.90. The maximum absolute atomic E-state index is 11.6. The Morgan fingerprint density at radius 2 is 2.05 bits per heavy atom. The fourth-order valence-corrected chi connectivity index (χ4v) is 2.94. The zero-order valence-electron chi connectivity index (χ0n) is 13.7. The van der Waals surface area contributed by atoms with Crippen LogP contribution in [0.5, 0.6) is 0 Å². The number of amides is 1. The molecule has 6 atom stereocenters. The number of hydrogen-bond donors (Lipinski definition) is 2. The summed E-state index contributed by atoms with van der Waals surface area (Å²) in [5.74, 6) is -0.758. The minimum Gasteiger partial charge on any atom is -0.444 e. The molecule has 0 spiro atoms. The highest BCUT2D eigenvalue weighted by Gasteiger charge is 2.55. The maximum atomic E-state index is 11.6. The van der Waals surface area contributed by atoms with Gasteiger partial charge in [-0.05, 0) is 34.6 Å². The van der Waals surface area contributed by atoms with E-state index in [2.05, 4.69) is 14.6 Å². The predicted octanol–water partition coefficient (Wildman–Crippen LogP) is 0.992. The molecule has 1 unspecified atom stereocenters. The third-order valence-electron chi connectivity index (χ3n) is 3.36. The molecule has 0 aromatic carbocycles. The fourth-order valence-electron chi connectivity index (χ4n) is 2.50. The number of alkyl carbamates (subject to hydrolysis) is 1. The van der Waals surface area contributed by atoms with Crippen molar-refractivity contribution in [2.45, 2.75) is 76.3 Å². The lowest BCUT2D eigenvalue weighted by atomic mass is 10.1. The van der Waals surface area contributed by atoms with Crippen LogP contribution in [0.15, 0.2) is 0 Å². The lowest BCUT2D eigenvalue weighted by Crippen LogP contribution is -2.44. The summed E-state index contributed by atoms with van der Waals surface area (Å²) in [4.78, 5) is 11.6. The van der Waals surface area contributed by atoms with E-state index in [0.717, 1.165) is 0 Å². The van der Waals surface area contributed by atoms with Gasteiger partial charge in [0.05, 0.1) is 6.10 Å². The first-order chi connectivity index (χ1) is 9.98. The van der Waals surface area contributed by atoms with Crippen molar-refractivity contribution >= 4 is 15.3 Å². The Labute approximate surface area is 133 Å². The molecule has 128 valence electrons. The van der Waals surface area contributed by atoms with Gasteiger partial charge in [0.2, 0.25) is 0 Å². The van der Waals surface area contributed by atoms with Crippen LogP contribution in [0.25, 0.3) is 0 Å². The van der Waals surface area contributed by atoms with Crippen molar-refractivity contribution in [3.05, 3.63) is 0 Å². The van der Waals surface area contributed by atoms with Crippen molar-refractivity contribution in [3.63, 3.8) is 0 Å². The molecule has 0 bridgehead atoms. The Kier molecular flexibility index (Phi) is 5.05. The Morgan fingerprint density at radius 3 is 2.59 bits per heavy atom. The highest BCUT2D eigenvalue weighted by Crippen LogP contribution is 2.39. The summed E-state index contributed by atoms with van der Waals surface area (Å²) in [5.41, 5.74) is -0.739. The first-order valence-corrected chi connectivity index (χ1v) is 8.07. The highest BCUT2D eigenvalue weighted by atomic mass is 31.0. The monoisotopic (exact) mass is 335 g/mol. The van der Waals surface area contributed by atoms with Gasteiger partial charge in [-0.15, -0.1) is 9.24 Å². The van der Waals surface area contributed by atoms with Crippen LogP contribution in [-0.4, -0.2) is 59.4 Å². The molecule has 2 fully saturated rings. The summed E-state index contributed by atoms with van der Waals surface area (Å²) in [7, 11) is 2.57. The third-order valence-corrected chi connectivity index (χ3v) is 3.97. The van der Waals surface area contributed by atoms with Gasteiger partial charge >= 0.3 is 6.09 Å². The molecular weight excluding hydrogens is 309 g/mol. The van der Waals surface area contributed by atoms with Gasteiger partial charge in [0.25, 0.3) is 0 Å². The minimum atomic E-state index is -0.810. The van der Waals surface area contributed by atoms with E-state index in [0.29, 0.717) is 6.54 Å². The number of hydrogen-bond acceptors (Lipinski definition) is 6. The number of aliphatic hydroxyl groups excluding tert-OH is 1. The van der Waals surface area contributed by atoms with Gasteiger partial charge < -0.3 is 29.4 Å². The molecule has 0 radical (unpaired) electrons. The van der Waals surface area contributed by atoms with Crippen LogP contribution in [0, 0.1) is 0 Å². The molecule has 2 heterocycles. The highest BCUT2D eigenvalue weighted by molar-refractivity contribution is 7.17. The van der Waals surface area contributed by atoms with Gasteiger partial charge in [0.15, 0.2) is 12.1 Å². The van der Waals surface area contributed by atoms with E-state index in [1.165, 1.54) is 0 Å². The lowest BCUT2D eigenvalue weighted by molar-refractivity contribution is -0.214. The van der Waals surface area contributed by atoms with E-state index < -0.39 is 42.1 Å². The van der Waals surface area contributed by atoms with Crippen LogP contribution in [-0.2, 0) is 18.9 Å². The largest absolute Gasteiger partial charge is 0.444 e. The van der Waals surface area contributed by atoms with Crippen molar-refractivity contribution in [3.8, 4) is 0 Å². The van der Waals surface area contributed by atoms with E-state index in [1.807, 2.05) is 0 Å². The Bertz CT molecular complexity index is 424. The molecule has 0 aromatic heterocycles. The van der Waals surface area contributed by atoms with Crippen molar-refractivity contribution in [2.24, 2.45) is 0 Å². The molecular formula is C14H26NO6P. The second-order valence-corrected chi connectivity index (χ2v) is 7.96. The maximum Gasteiger partial charge on any atom is 0.407 e. The predicted molar refractivity (Wildman–Crippen MR) is 82.4 cm³/mol. The van der Waals surface area contributed by atoms with Gasteiger partial charge in [-0.3, -0.25) is 0 Å². The summed E-state index contributed by atoms with van der Waals surface area (Å²) >= 11 is 0. The van der Waals surface area contributed by atoms with Gasteiger partial charge in [-0.1, -0.05) is 0 Å². The average molecular weight is 335 g/mol. The molecule has 2 saturated heterocycles. The van der Waals surface area contributed by atoms with Crippen LogP contribution in [0.1, 0.15) is 34.6 Å². The molecule has 1 amide bonds. The standard InChI is InChI=1S/C14H26NO6P/c1-13(2,3)21-12(17)15-6-7(22)9-8(16)10-11(18-9)20-14(4,5)19-10/h7-11,16H,6,22H2,1-5H3,(H,15,17)/t7-,8+,9-,10-,11-/m1/s1. The SMILES string of the molecule is CC(C)(C)OC(=O)NC[C@@H](P)[C@H]1O[C@@H]2OC(C)(C)O[C@@H]2[C@H]1O. The van der Waals surface area contributed by atoms with Crippen LogP contribution in [0.3, 0.4) is 0 Å². The number of carbonyl (C=O) groups is 1. The number of fused-ring (bicyclic) bond motifs is 1. The zero-order chi connectivity index (χ0) is 16.7. The molecule has 2 aliphatic heterocycles. The number of rotatable bonds is 3. The van der Waals surface area contributed by atoms with Gasteiger partial charge in [0.1, 0.15) is 17.8 Å². The number of carbonyl (C=O) groups excluding carboxylic acids is 1. The van der Waals surface area contributed by atoms with E-state index in [4.69, 9.17) is 18.9 Å². The fraction of sp³-hybridized carbons (Fsp3) is 0.929. The first kappa shape index (κ1) is 17.9. The van der Waals surface area contributed by atoms with Gasteiger partial charge in [-0.25, -0.2) is 4.79 Å². The van der Waals surface area contributed by atoms with E-state index >= 15 is 0 Å². The van der Waals surface area contributed by atoms with E-state index in [-0.39, 0.29) is 5.66 Å². The molecule has 22 heavy (non-hydrogen) atoms. The molecule has 2 rings (SSSR count). The van der Waals surface area contributed by atoms with Gasteiger partial charge in [-0.2, -0.15) is 0 Å². The summed E-state index contributed by atoms with van der Waals surface area (Å²) in [5, 5.41) is 13.0. The van der Waals surface area contributed by atoms with Crippen LogP contribution >= 0.6 is 9.24 Å². The average Bonchev–Trinajstić information content (AvgIpc) is 2.78. The molecule has 0 aromatic rings. The Hall–Kier alpha value is -0.460. The Balaban J connectivity index is 1.82. The molecule has 7 nitrogen and oxygen atoms in total. The normalized spacial score (nSPS) is 35.0. The molecule has 0 saturated carbocycles. The van der Waals surface area contributed by atoms with Crippen molar-refractivity contribution in [1.82, 2.24) is 5.32 Å². The summed E-state index contributed by atoms with van der Waals surface area (Å²) < 4.78 is 22.1. The van der Waals surface area contributed by atoms with E-state index in [9.17, 15) is 9.90 Å². The molecule has 2 aliphatic rings. The van der Waals surface area contributed by atoms with Crippen LogP contribution in [0.4, 0.5) is 4.79 Å². The summed E-state index contributed by atoms with van der Waals surface area (Å²) in [6, 6.07) is 0.